The van der Waals surface area contributed by atoms with Gasteiger partial charge >= 0.3 is 0 Å². The Morgan fingerprint density at radius 2 is 2.06 bits per heavy atom. The fourth-order valence-corrected chi connectivity index (χ4v) is 4.36. The summed E-state index contributed by atoms with van der Waals surface area (Å²) in [6.45, 7) is 2.73. The minimum absolute atomic E-state index is 0.0574. The number of imidazole rings is 1. The molecule has 1 aliphatic rings. The van der Waals surface area contributed by atoms with Gasteiger partial charge in [-0.1, -0.05) is 6.07 Å². The van der Waals surface area contributed by atoms with Crippen molar-refractivity contribution in [2.24, 2.45) is 0 Å². The van der Waals surface area contributed by atoms with Crippen LogP contribution in [0.2, 0.25) is 0 Å². The van der Waals surface area contributed by atoms with Crippen molar-refractivity contribution in [3.63, 3.8) is 0 Å². The highest BCUT2D eigenvalue weighted by atomic mass is 79.9. The van der Waals surface area contributed by atoms with E-state index < -0.39 is 0 Å². The molecule has 0 bridgehead atoms. The number of nitrogens with zero attached hydrogens (tertiary/aromatic N) is 6. The highest BCUT2D eigenvalue weighted by Crippen LogP contribution is 2.35. The molecule has 0 unspecified atom stereocenters. The summed E-state index contributed by atoms with van der Waals surface area (Å²) in [5.74, 6) is 1.68. The molecule has 0 fully saturated rings. The molecule has 1 atom stereocenters. The predicted molar refractivity (Wildman–Crippen MR) is 117 cm³/mol. The number of hydrogen-bond acceptors (Lipinski definition) is 5. The van der Waals surface area contributed by atoms with Crippen LogP contribution in [0.5, 0.6) is 5.88 Å². The third-order valence-corrected chi connectivity index (χ3v) is 6.08. The summed E-state index contributed by atoms with van der Waals surface area (Å²) in [6, 6.07) is 8.94. The first-order valence-corrected chi connectivity index (χ1v) is 10.8. The number of ether oxygens (including phenoxy) is 1. The number of fused-ring (bicyclic) bond motifs is 1. The molecule has 0 saturated carbocycles. The highest BCUT2D eigenvalue weighted by Gasteiger charge is 2.27. The summed E-state index contributed by atoms with van der Waals surface area (Å²) < 4.78 is 23.5. The second kappa shape index (κ2) is 7.88. The Hall–Kier alpha value is -3.07. The Kier molecular flexibility index (Phi) is 5.05. The maximum Gasteiger partial charge on any atom is 0.238 e. The van der Waals surface area contributed by atoms with Gasteiger partial charge in [0.25, 0.3) is 0 Å². The quantitative estimate of drug-likeness (QED) is 0.422. The van der Waals surface area contributed by atoms with E-state index in [9.17, 15) is 4.39 Å². The van der Waals surface area contributed by atoms with E-state index in [1.165, 1.54) is 6.07 Å². The topological polar surface area (TPSA) is 70.7 Å². The zero-order valence-electron chi connectivity index (χ0n) is 17.1. The zero-order valence-corrected chi connectivity index (χ0v) is 18.7. The van der Waals surface area contributed by atoms with Crippen molar-refractivity contribution in [3.8, 4) is 23.1 Å². The van der Waals surface area contributed by atoms with Gasteiger partial charge in [-0.25, -0.2) is 24.0 Å². The fraction of sp³-hybridized carbons (Fsp3) is 0.273. The van der Waals surface area contributed by atoms with Crippen molar-refractivity contribution in [2.45, 2.75) is 32.2 Å². The lowest BCUT2D eigenvalue weighted by atomic mass is 9.91. The highest BCUT2D eigenvalue weighted by molar-refractivity contribution is 9.10. The van der Waals surface area contributed by atoms with Gasteiger partial charge in [-0.2, -0.15) is 0 Å². The Bertz CT molecular complexity index is 1270. The minimum Gasteiger partial charge on any atom is -0.479 e. The van der Waals surface area contributed by atoms with Crippen molar-refractivity contribution in [3.05, 3.63) is 70.2 Å². The molecule has 1 aromatic carbocycles. The van der Waals surface area contributed by atoms with E-state index >= 15 is 0 Å². The van der Waals surface area contributed by atoms with Gasteiger partial charge in [-0.15, -0.1) is 5.10 Å². The molecule has 0 amide bonds. The van der Waals surface area contributed by atoms with E-state index in [-0.39, 0.29) is 11.7 Å². The first kappa shape index (κ1) is 19.9. The van der Waals surface area contributed by atoms with Crippen LogP contribution in [-0.4, -0.2) is 36.4 Å². The molecule has 158 valence electrons. The van der Waals surface area contributed by atoms with Crippen molar-refractivity contribution >= 4 is 15.9 Å². The number of pyridine rings is 1. The van der Waals surface area contributed by atoms with Crippen LogP contribution in [-0.2, 0) is 6.54 Å². The molecule has 4 heterocycles. The lowest BCUT2D eigenvalue weighted by Crippen LogP contribution is -2.18. The normalized spacial score (nSPS) is 15.7. The Balaban J connectivity index is 1.52. The average molecular weight is 483 g/mol. The SMILES string of the molecule is COc1nc(-c2nc3n(n2)CCC[C@@H]3c2ccc(F)c(Br)c2)ccc1-n1cnc(C)c1. The molecule has 0 N–H and O–H groups in total. The van der Waals surface area contributed by atoms with Crippen molar-refractivity contribution in [1.29, 1.82) is 0 Å². The first-order chi connectivity index (χ1) is 15.0. The molecule has 0 aliphatic carbocycles. The molecule has 4 aromatic rings. The van der Waals surface area contributed by atoms with Gasteiger partial charge < -0.3 is 9.30 Å². The van der Waals surface area contributed by atoms with Gasteiger partial charge in [0.1, 0.15) is 23.0 Å². The number of hydrogen-bond donors (Lipinski definition) is 0. The monoisotopic (exact) mass is 482 g/mol. The lowest BCUT2D eigenvalue weighted by Gasteiger charge is -2.22. The third kappa shape index (κ3) is 3.63. The number of aromatic nitrogens is 6. The smallest absolute Gasteiger partial charge is 0.238 e. The van der Waals surface area contributed by atoms with Gasteiger partial charge in [0.2, 0.25) is 5.88 Å². The van der Waals surface area contributed by atoms with E-state index in [0.29, 0.717) is 21.9 Å². The molecule has 31 heavy (non-hydrogen) atoms. The maximum absolute atomic E-state index is 13.7. The lowest BCUT2D eigenvalue weighted by molar-refractivity contribution is 0.396. The number of rotatable bonds is 4. The van der Waals surface area contributed by atoms with Crippen LogP contribution in [0.25, 0.3) is 17.2 Å². The van der Waals surface area contributed by atoms with Gasteiger partial charge in [0.15, 0.2) is 5.82 Å². The van der Waals surface area contributed by atoms with E-state index in [0.717, 1.165) is 42.2 Å². The summed E-state index contributed by atoms with van der Waals surface area (Å²) in [4.78, 5) is 13.7. The van der Waals surface area contributed by atoms with Crippen LogP contribution >= 0.6 is 15.9 Å². The zero-order chi connectivity index (χ0) is 21.5. The van der Waals surface area contributed by atoms with Crippen LogP contribution in [0.3, 0.4) is 0 Å². The molecular weight excluding hydrogens is 463 g/mol. The molecule has 1 aliphatic heterocycles. The van der Waals surface area contributed by atoms with E-state index in [1.807, 2.05) is 46.6 Å². The molecular formula is C22H20BrFN6O. The van der Waals surface area contributed by atoms with E-state index in [2.05, 4.69) is 25.9 Å². The van der Waals surface area contributed by atoms with Gasteiger partial charge in [-0.3, -0.25) is 0 Å². The Morgan fingerprint density at radius 3 is 2.81 bits per heavy atom. The van der Waals surface area contributed by atoms with Crippen molar-refractivity contribution < 1.29 is 9.13 Å². The van der Waals surface area contributed by atoms with Gasteiger partial charge in [0.05, 0.1) is 23.6 Å². The van der Waals surface area contributed by atoms with E-state index in [1.54, 1.807) is 13.4 Å². The molecule has 9 heteroatoms. The molecule has 0 saturated heterocycles. The van der Waals surface area contributed by atoms with Gasteiger partial charge in [-0.05, 0) is 65.5 Å². The van der Waals surface area contributed by atoms with E-state index in [4.69, 9.17) is 14.8 Å². The van der Waals surface area contributed by atoms with Crippen LogP contribution in [0.15, 0.2) is 47.3 Å². The standard InChI is InChI=1S/C22H20BrFN6O/c1-13-11-29(12-25-13)19-8-7-18(26-22(19)31-2)20-27-21-15(4-3-9-30(21)28-20)14-5-6-17(24)16(23)10-14/h5-8,10-12,15H,3-4,9H2,1-2H3/t15-/m1/s1. The third-order valence-electron chi connectivity index (χ3n) is 5.47. The molecule has 0 spiro atoms. The first-order valence-electron chi connectivity index (χ1n) is 9.99. The maximum atomic E-state index is 13.7. The molecule has 0 radical (unpaired) electrons. The average Bonchev–Trinajstić information content (AvgIpc) is 3.41. The largest absolute Gasteiger partial charge is 0.479 e. The molecule has 7 nitrogen and oxygen atoms in total. The molecule has 5 rings (SSSR count). The summed E-state index contributed by atoms with van der Waals surface area (Å²) in [5.41, 5.74) is 3.36. The summed E-state index contributed by atoms with van der Waals surface area (Å²) in [6.07, 6.45) is 5.56. The summed E-state index contributed by atoms with van der Waals surface area (Å²) in [7, 11) is 1.59. The number of methoxy groups -OCH3 is 1. The number of halogens is 2. The van der Waals surface area contributed by atoms with Crippen LogP contribution in [0.1, 0.15) is 35.8 Å². The van der Waals surface area contributed by atoms with Gasteiger partial charge in [0, 0.05) is 18.7 Å². The van der Waals surface area contributed by atoms with Crippen LogP contribution < -0.4 is 4.74 Å². The second-order valence-electron chi connectivity index (χ2n) is 7.53. The summed E-state index contributed by atoms with van der Waals surface area (Å²) in [5, 5.41) is 4.70. The minimum atomic E-state index is -0.272. The Morgan fingerprint density at radius 1 is 1.19 bits per heavy atom. The van der Waals surface area contributed by atoms with Crippen molar-refractivity contribution in [2.75, 3.05) is 7.11 Å². The Labute approximate surface area is 187 Å². The summed E-state index contributed by atoms with van der Waals surface area (Å²) >= 11 is 3.29. The van der Waals surface area contributed by atoms with Crippen LogP contribution in [0, 0.1) is 12.7 Å². The van der Waals surface area contributed by atoms with Crippen LogP contribution in [0.4, 0.5) is 4.39 Å². The fourth-order valence-electron chi connectivity index (χ4n) is 3.96. The number of benzene rings is 1. The molecule has 3 aromatic heterocycles. The second-order valence-corrected chi connectivity index (χ2v) is 8.39. The van der Waals surface area contributed by atoms with Crippen molar-refractivity contribution in [1.82, 2.24) is 29.3 Å². The number of aryl methyl sites for hydroxylation is 2. The predicted octanol–water partition coefficient (Wildman–Crippen LogP) is 4.67.